The number of nitrogen functional groups attached to an aromatic ring is 1. The van der Waals surface area contributed by atoms with E-state index in [9.17, 15) is 0 Å². The Kier molecular flexibility index (Phi) is 4.66. The van der Waals surface area contributed by atoms with E-state index in [4.69, 9.17) is 15.0 Å². The second kappa shape index (κ2) is 7.25. The summed E-state index contributed by atoms with van der Waals surface area (Å²) in [6, 6.07) is 3.94. The van der Waals surface area contributed by atoms with Gasteiger partial charge in [0.2, 0.25) is 5.82 Å². The topological polar surface area (TPSA) is 105 Å². The van der Waals surface area contributed by atoms with Crippen LogP contribution in [0.3, 0.4) is 0 Å². The lowest BCUT2D eigenvalue weighted by molar-refractivity contribution is 0.171. The molecule has 0 unspecified atom stereocenters. The molecule has 1 aliphatic rings. The fourth-order valence-corrected chi connectivity index (χ4v) is 3.47. The van der Waals surface area contributed by atoms with Crippen molar-refractivity contribution in [2.75, 3.05) is 12.8 Å². The second-order valence-corrected chi connectivity index (χ2v) is 6.57. The molecule has 26 heavy (non-hydrogen) atoms. The van der Waals surface area contributed by atoms with Crippen molar-refractivity contribution in [2.24, 2.45) is 0 Å². The molecule has 4 rings (SSSR count). The maximum atomic E-state index is 5.63. The molecule has 0 atom stereocenters. The molecule has 0 saturated heterocycles. The number of hydrogen-bond donors (Lipinski definition) is 1. The summed E-state index contributed by atoms with van der Waals surface area (Å²) in [4.78, 5) is 8.58. The molecule has 136 valence electrons. The number of nitrogens with zero attached hydrogens (tertiary/aromatic N) is 5. The van der Waals surface area contributed by atoms with E-state index < -0.39 is 0 Å². The summed E-state index contributed by atoms with van der Waals surface area (Å²) >= 11 is 0. The molecule has 0 amide bonds. The molecule has 1 saturated carbocycles. The summed E-state index contributed by atoms with van der Waals surface area (Å²) in [6.45, 7) is 0.451. The summed E-state index contributed by atoms with van der Waals surface area (Å²) in [6.07, 6.45) is 9.48. The first-order chi connectivity index (χ1) is 12.8. The van der Waals surface area contributed by atoms with Crippen LogP contribution < -0.4 is 5.73 Å². The first-order valence-electron chi connectivity index (χ1n) is 8.87. The summed E-state index contributed by atoms with van der Waals surface area (Å²) in [5.74, 6) is 1.36. The first-order valence-corrected chi connectivity index (χ1v) is 8.87. The number of ether oxygens (including phenoxy) is 1. The van der Waals surface area contributed by atoms with Gasteiger partial charge in [0, 0.05) is 18.9 Å². The molecule has 0 aliphatic heterocycles. The summed E-state index contributed by atoms with van der Waals surface area (Å²) in [5.41, 5.74) is 8.18. The number of nitrogens with two attached hydrogens (primary N) is 1. The summed E-state index contributed by atoms with van der Waals surface area (Å²) < 4.78 is 13.0. The third-order valence-electron chi connectivity index (χ3n) is 4.80. The number of methoxy groups -OCH3 is 1. The Hall–Kier alpha value is -2.74. The number of pyridine rings is 1. The van der Waals surface area contributed by atoms with E-state index in [2.05, 4.69) is 24.9 Å². The van der Waals surface area contributed by atoms with Gasteiger partial charge in [-0.1, -0.05) is 24.4 Å². The van der Waals surface area contributed by atoms with Crippen molar-refractivity contribution in [1.29, 1.82) is 0 Å². The first kappa shape index (κ1) is 16.7. The van der Waals surface area contributed by atoms with Crippen molar-refractivity contribution < 1.29 is 9.26 Å². The molecular weight excluding hydrogens is 332 g/mol. The SMILES string of the molecule is COCc1c(-c2nc(-c3ccc(N)nc3)no2)cnn1C1CCCCC1. The van der Waals surface area contributed by atoms with Crippen molar-refractivity contribution in [2.45, 2.75) is 44.8 Å². The molecule has 3 aromatic heterocycles. The lowest BCUT2D eigenvalue weighted by atomic mass is 9.95. The lowest BCUT2D eigenvalue weighted by Gasteiger charge is -2.24. The Morgan fingerprint density at radius 3 is 2.81 bits per heavy atom. The molecule has 2 N–H and O–H groups in total. The summed E-state index contributed by atoms with van der Waals surface area (Å²) in [5, 5.41) is 8.68. The van der Waals surface area contributed by atoms with Gasteiger partial charge in [0.1, 0.15) is 5.82 Å². The minimum absolute atomic E-state index is 0.409. The van der Waals surface area contributed by atoms with Gasteiger partial charge in [-0.15, -0.1) is 0 Å². The van der Waals surface area contributed by atoms with Gasteiger partial charge in [-0.3, -0.25) is 4.68 Å². The van der Waals surface area contributed by atoms with Gasteiger partial charge in [-0.2, -0.15) is 10.1 Å². The van der Waals surface area contributed by atoms with Gasteiger partial charge in [-0.05, 0) is 25.0 Å². The quantitative estimate of drug-likeness (QED) is 0.750. The molecule has 0 radical (unpaired) electrons. The third kappa shape index (κ3) is 3.20. The van der Waals surface area contributed by atoms with Crippen LogP contribution in [-0.4, -0.2) is 32.0 Å². The Labute approximate surface area is 151 Å². The zero-order chi connectivity index (χ0) is 17.9. The lowest BCUT2D eigenvalue weighted by Crippen LogP contribution is -2.17. The standard InChI is InChI=1S/C18H22N6O2/c1-25-11-15-14(10-21-24(15)13-5-3-2-4-6-13)18-22-17(23-26-18)12-7-8-16(19)20-9-12/h7-10,13H,2-6,11H2,1H3,(H2,19,20). The van der Waals surface area contributed by atoms with E-state index >= 15 is 0 Å². The molecule has 8 heteroatoms. The second-order valence-electron chi connectivity index (χ2n) is 6.57. The van der Waals surface area contributed by atoms with Gasteiger partial charge in [-0.25, -0.2) is 4.98 Å². The minimum atomic E-state index is 0.409. The van der Waals surface area contributed by atoms with Crippen LogP contribution in [0.4, 0.5) is 5.82 Å². The normalized spacial score (nSPS) is 15.4. The van der Waals surface area contributed by atoms with Crippen molar-refractivity contribution in [3.8, 4) is 22.8 Å². The Morgan fingerprint density at radius 1 is 1.23 bits per heavy atom. The molecule has 3 heterocycles. The predicted molar refractivity (Wildman–Crippen MR) is 96.0 cm³/mol. The molecule has 1 aliphatic carbocycles. The average molecular weight is 354 g/mol. The van der Waals surface area contributed by atoms with Crippen LogP contribution in [0.5, 0.6) is 0 Å². The zero-order valence-corrected chi connectivity index (χ0v) is 14.8. The van der Waals surface area contributed by atoms with Crippen LogP contribution in [0.1, 0.15) is 43.8 Å². The minimum Gasteiger partial charge on any atom is -0.384 e. The number of rotatable bonds is 5. The van der Waals surface area contributed by atoms with Crippen LogP contribution in [0, 0.1) is 0 Å². The van der Waals surface area contributed by atoms with Gasteiger partial charge >= 0.3 is 0 Å². The van der Waals surface area contributed by atoms with Crippen LogP contribution in [-0.2, 0) is 11.3 Å². The average Bonchev–Trinajstić information content (AvgIpc) is 3.31. The number of aromatic nitrogens is 5. The highest BCUT2D eigenvalue weighted by Gasteiger charge is 2.24. The third-order valence-corrected chi connectivity index (χ3v) is 4.80. The predicted octanol–water partition coefficient (Wildman–Crippen LogP) is 3.23. The maximum absolute atomic E-state index is 5.63. The number of hydrogen-bond acceptors (Lipinski definition) is 7. The Bertz CT molecular complexity index is 864. The van der Waals surface area contributed by atoms with E-state index in [1.54, 1.807) is 25.6 Å². The zero-order valence-electron chi connectivity index (χ0n) is 14.8. The van der Waals surface area contributed by atoms with Crippen molar-refractivity contribution in [3.63, 3.8) is 0 Å². The van der Waals surface area contributed by atoms with Gasteiger partial charge < -0.3 is 15.0 Å². The molecule has 3 aromatic rings. The maximum Gasteiger partial charge on any atom is 0.261 e. The molecule has 0 bridgehead atoms. The highest BCUT2D eigenvalue weighted by atomic mass is 16.5. The van der Waals surface area contributed by atoms with Crippen LogP contribution >= 0.6 is 0 Å². The smallest absolute Gasteiger partial charge is 0.261 e. The molecular formula is C18H22N6O2. The van der Waals surface area contributed by atoms with E-state index in [1.807, 2.05) is 6.07 Å². The van der Waals surface area contributed by atoms with Crippen molar-refractivity contribution in [3.05, 3.63) is 30.2 Å². The molecule has 0 spiro atoms. The highest BCUT2D eigenvalue weighted by Crippen LogP contribution is 2.33. The van der Waals surface area contributed by atoms with E-state index in [-0.39, 0.29) is 0 Å². The molecule has 0 aromatic carbocycles. The van der Waals surface area contributed by atoms with Crippen molar-refractivity contribution >= 4 is 5.82 Å². The fraction of sp³-hybridized carbons (Fsp3) is 0.444. The van der Waals surface area contributed by atoms with Crippen LogP contribution in [0.15, 0.2) is 29.0 Å². The van der Waals surface area contributed by atoms with Gasteiger partial charge in [0.05, 0.1) is 30.1 Å². The van der Waals surface area contributed by atoms with Crippen LogP contribution in [0.25, 0.3) is 22.8 Å². The monoisotopic (exact) mass is 354 g/mol. The largest absolute Gasteiger partial charge is 0.384 e. The Balaban J connectivity index is 1.67. The van der Waals surface area contributed by atoms with Gasteiger partial charge in [0.15, 0.2) is 0 Å². The molecule has 8 nitrogen and oxygen atoms in total. The molecule has 1 fully saturated rings. The Morgan fingerprint density at radius 2 is 2.08 bits per heavy atom. The fourth-order valence-electron chi connectivity index (χ4n) is 3.47. The van der Waals surface area contributed by atoms with Gasteiger partial charge in [0.25, 0.3) is 5.89 Å². The number of anilines is 1. The van der Waals surface area contributed by atoms with Crippen molar-refractivity contribution in [1.82, 2.24) is 24.9 Å². The van der Waals surface area contributed by atoms with E-state index in [0.717, 1.165) is 29.7 Å². The van der Waals surface area contributed by atoms with E-state index in [0.29, 0.717) is 30.2 Å². The summed E-state index contributed by atoms with van der Waals surface area (Å²) in [7, 11) is 1.68. The van der Waals surface area contributed by atoms with E-state index in [1.165, 1.54) is 19.3 Å². The highest BCUT2D eigenvalue weighted by molar-refractivity contribution is 5.61. The van der Waals surface area contributed by atoms with Crippen LogP contribution in [0.2, 0.25) is 0 Å².